The van der Waals surface area contributed by atoms with Crippen LogP contribution >= 0.6 is 11.3 Å². The molecule has 1 N–H and O–H groups in total. The molecule has 0 unspecified atom stereocenters. The number of aryl methyl sites for hydroxylation is 1. The zero-order valence-electron chi connectivity index (χ0n) is 24.4. The standard InChI is InChI=1S/C30H39N5O4S/c1-18(2)16-35-23(14-19-10-12-40-28(19)35)26-32-22-13-20(15-24(38-7)25(22)33(26)6)27(36)34-11-8-9-21(17-34)31-29(37)39-30(3,4)5/h10,12-15,18,21H,8-9,11,16-17H2,1-7H3,(H,31,37)/t21-/m1/s1. The Balaban J connectivity index is 1.46. The number of nitrogens with one attached hydrogen (secondary N) is 1. The first-order valence-electron chi connectivity index (χ1n) is 13.9. The van der Waals surface area contributed by atoms with E-state index in [9.17, 15) is 9.59 Å². The number of hydrogen-bond acceptors (Lipinski definition) is 6. The maximum atomic E-state index is 13.7. The number of hydrogen-bond donors (Lipinski definition) is 1. The number of methoxy groups -OCH3 is 1. The first-order valence-corrected chi connectivity index (χ1v) is 14.7. The highest BCUT2D eigenvalue weighted by Gasteiger charge is 2.29. The van der Waals surface area contributed by atoms with Crippen molar-refractivity contribution in [1.29, 1.82) is 0 Å². The van der Waals surface area contributed by atoms with Crippen LogP contribution in [0, 0.1) is 5.92 Å². The number of rotatable bonds is 6. The van der Waals surface area contributed by atoms with E-state index >= 15 is 0 Å². The molecule has 0 aliphatic carbocycles. The fourth-order valence-electron chi connectivity index (χ4n) is 5.46. The maximum Gasteiger partial charge on any atom is 0.407 e. The summed E-state index contributed by atoms with van der Waals surface area (Å²) in [5.74, 6) is 1.81. The number of amides is 2. The predicted octanol–water partition coefficient (Wildman–Crippen LogP) is 6.05. The number of benzene rings is 1. The van der Waals surface area contributed by atoms with Crippen LogP contribution in [0.4, 0.5) is 4.79 Å². The lowest BCUT2D eigenvalue weighted by molar-refractivity contribution is 0.0452. The highest BCUT2D eigenvalue weighted by atomic mass is 32.1. The number of nitrogens with zero attached hydrogens (tertiary/aromatic N) is 4. The molecule has 214 valence electrons. The molecule has 1 atom stereocenters. The smallest absolute Gasteiger partial charge is 0.407 e. The van der Waals surface area contributed by atoms with Crippen LogP contribution in [0.15, 0.2) is 29.6 Å². The monoisotopic (exact) mass is 565 g/mol. The first-order chi connectivity index (χ1) is 18.9. The van der Waals surface area contributed by atoms with E-state index in [2.05, 4.69) is 45.8 Å². The molecule has 9 nitrogen and oxygen atoms in total. The number of aromatic nitrogens is 3. The fourth-order valence-corrected chi connectivity index (χ4v) is 6.37. The summed E-state index contributed by atoms with van der Waals surface area (Å²) >= 11 is 1.74. The Hall–Kier alpha value is -3.53. The third-order valence-corrected chi connectivity index (χ3v) is 8.06. The van der Waals surface area contributed by atoms with E-state index in [-0.39, 0.29) is 11.9 Å². The van der Waals surface area contributed by atoms with Crippen molar-refractivity contribution in [1.82, 2.24) is 24.3 Å². The third-order valence-electron chi connectivity index (χ3n) is 7.11. The largest absolute Gasteiger partial charge is 0.494 e. The van der Waals surface area contributed by atoms with Gasteiger partial charge in [-0.1, -0.05) is 13.8 Å². The zero-order valence-corrected chi connectivity index (χ0v) is 25.2. The Labute approximate surface area is 239 Å². The van der Waals surface area contributed by atoms with Gasteiger partial charge in [-0.15, -0.1) is 11.3 Å². The Morgan fingerprint density at radius 3 is 2.70 bits per heavy atom. The lowest BCUT2D eigenvalue weighted by Crippen LogP contribution is -2.50. The van der Waals surface area contributed by atoms with Gasteiger partial charge in [-0.25, -0.2) is 9.78 Å². The molecule has 1 saturated heterocycles. The van der Waals surface area contributed by atoms with Crippen LogP contribution in [-0.4, -0.2) is 62.9 Å². The second kappa shape index (κ2) is 10.8. The minimum absolute atomic E-state index is 0.105. The molecular weight excluding hydrogens is 526 g/mol. The minimum atomic E-state index is -0.576. The average Bonchev–Trinajstić information content (AvgIpc) is 3.56. The molecule has 40 heavy (non-hydrogen) atoms. The van der Waals surface area contributed by atoms with E-state index in [4.69, 9.17) is 14.5 Å². The molecule has 2 amide bonds. The van der Waals surface area contributed by atoms with Gasteiger partial charge in [-0.3, -0.25) is 4.79 Å². The number of likely N-dealkylation sites (tertiary alicyclic amines) is 1. The van der Waals surface area contributed by atoms with Crippen molar-refractivity contribution in [3.8, 4) is 17.3 Å². The van der Waals surface area contributed by atoms with Crippen molar-refractivity contribution < 1.29 is 19.1 Å². The summed E-state index contributed by atoms with van der Waals surface area (Å²) < 4.78 is 15.6. The van der Waals surface area contributed by atoms with E-state index in [0.29, 0.717) is 35.8 Å². The number of ether oxygens (including phenoxy) is 2. The zero-order chi connectivity index (χ0) is 28.8. The van der Waals surface area contributed by atoms with Gasteiger partial charge >= 0.3 is 6.09 Å². The summed E-state index contributed by atoms with van der Waals surface area (Å²) in [7, 11) is 3.61. The summed E-state index contributed by atoms with van der Waals surface area (Å²) in [6.45, 7) is 11.9. The van der Waals surface area contributed by atoms with Crippen molar-refractivity contribution in [2.75, 3.05) is 20.2 Å². The molecule has 4 aromatic rings. The number of fused-ring (bicyclic) bond motifs is 2. The number of piperidine rings is 1. The Morgan fingerprint density at radius 2 is 2.00 bits per heavy atom. The third kappa shape index (κ3) is 5.54. The lowest BCUT2D eigenvalue weighted by Gasteiger charge is -2.33. The van der Waals surface area contributed by atoms with Crippen LogP contribution in [0.3, 0.4) is 0 Å². The molecular formula is C30H39N5O4S. The van der Waals surface area contributed by atoms with Crippen molar-refractivity contribution in [2.45, 2.75) is 65.6 Å². The van der Waals surface area contributed by atoms with E-state index in [0.717, 1.165) is 36.4 Å². The summed E-state index contributed by atoms with van der Waals surface area (Å²) in [5.41, 5.74) is 2.55. The molecule has 10 heteroatoms. The van der Waals surface area contributed by atoms with Crippen molar-refractivity contribution in [3.63, 3.8) is 0 Å². The predicted molar refractivity (Wildman–Crippen MR) is 159 cm³/mol. The van der Waals surface area contributed by atoms with Gasteiger partial charge in [-0.2, -0.15) is 0 Å². The highest BCUT2D eigenvalue weighted by molar-refractivity contribution is 7.16. The molecule has 5 rings (SSSR count). The molecule has 0 saturated carbocycles. The number of carbonyl (C=O) groups is 2. The van der Waals surface area contributed by atoms with Crippen molar-refractivity contribution >= 4 is 44.6 Å². The van der Waals surface area contributed by atoms with Gasteiger partial charge in [-0.05, 0) is 69.2 Å². The molecule has 0 spiro atoms. The fraction of sp³-hybridized carbons (Fsp3) is 0.500. The van der Waals surface area contributed by atoms with E-state index in [1.54, 1.807) is 29.4 Å². The topological polar surface area (TPSA) is 90.6 Å². The van der Waals surface area contributed by atoms with Crippen LogP contribution in [0.25, 0.3) is 32.8 Å². The van der Waals surface area contributed by atoms with Crippen LogP contribution in [0.5, 0.6) is 5.75 Å². The van der Waals surface area contributed by atoms with E-state index in [1.165, 1.54) is 10.2 Å². The summed E-state index contributed by atoms with van der Waals surface area (Å²) in [6, 6.07) is 7.82. The van der Waals surface area contributed by atoms with Gasteiger partial charge in [0.25, 0.3) is 5.91 Å². The molecule has 4 heterocycles. The Bertz CT molecular complexity index is 1560. The lowest BCUT2D eigenvalue weighted by atomic mass is 10.0. The number of carbonyl (C=O) groups excluding carboxylic acids is 2. The molecule has 1 aliphatic rings. The molecule has 3 aromatic heterocycles. The van der Waals surface area contributed by atoms with Gasteiger partial charge in [0, 0.05) is 43.7 Å². The quantitative estimate of drug-likeness (QED) is 0.307. The summed E-state index contributed by atoms with van der Waals surface area (Å²) in [6.07, 6.45) is 1.13. The average molecular weight is 566 g/mol. The van der Waals surface area contributed by atoms with E-state index < -0.39 is 11.7 Å². The second-order valence-corrected chi connectivity index (χ2v) is 12.9. The Kier molecular flexibility index (Phi) is 7.56. The maximum absolute atomic E-state index is 13.7. The SMILES string of the molecule is COc1cc(C(=O)N2CCC[C@@H](NC(=O)OC(C)(C)C)C2)cc2nc(-c3cc4ccsc4n3CC(C)C)n(C)c12. The van der Waals surface area contributed by atoms with Crippen LogP contribution < -0.4 is 10.1 Å². The normalized spacial score (nSPS) is 16.2. The summed E-state index contributed by atoms with van der Waals surface area (Å²) in [5, 5.41) is 6.25. The first kappa shape index (κ1) is 28.0. The molecule has 1 fully saturated rings. The Morgan fingerprint density at radius 1 is 1.23 bits per heavy atom. The second-order valence-electron chi connectivity index (χ2n) is 12.0. The van der Waals surface area contributed by atoms with Crippen LogP contribution in [0.1, 0.15) is 57.8 Å². The number of imidazole rings is 1. The van der Waals surface area contributed by atoms with Gasteiger partial charge in [0.05, 0.1) is 18.3 Å². The summed E-state index contributed by atoms with van der Waals surface area (Å²) in [4.78, 5) is 34.0. The van der Waals surface area contributed by atoms with Gasteiger partial charge in [0.1, 0.15) is 21.7 Å². The van der Waals surface area contributed by atoms with Gasteiger partial charge < -0.3 is 28.8 Å². The van der Waals surface area contributed by atoms with Crippen molar-refractivity contribution in [2.24, 2.45) is 13.0 Å². The van der Waals surface area contributed by atoms with Crippen molar-refractivity contribution in [3.05, 3.63) is 35.2 Å². The molecule has 0 bridgehead atoms. The van der Waals surface area contributed by atoms with Gasteiger partial charge in [0.2, 0.25) is 0 Å². The van der Waals surface area contributed by atoms with E-state index in [1.807, 2.05) is 33.9 Å². The highest BCUT2D eigenvalue weighted by Crippen LogP contribution is 2.36. The van der Waals surface area contributed by atoms with Crippen LogP contribution in [0.2, 0.25) is 0 Å². The molecule has 1 aromatic carbocycles. The number of alkyl carbamates (subject to hydrolysis) is 1. The number of thiophene rings is 1. The minimum Gasteiger partial charge on any atom is -0.494 e. The molecule has 1 aliphatic heterocycles. The molecule has 0 radical (unpaired) electrons. The van der Waals surface area contributed by atoms with Gasteiger partial charge in [0.15, 0.2) is 5.82 Å². The van der Waals surface area contributed by atoms with Crippen LogP contribution in [-0.2, 0) is 18.3 Å².